The fourth-order valence-corrected chi connectivity index (χ4v) is 4.80. The van der Waals surface area contributed by atoms with Gasteiger partial charge in [0.2, 0.25) is 5.91 Å². The van der Waals surface area contributed by atoms with Gasteiger partial charge in [0.1, 0.15) is 6.61 Å². The number of fused-ring (bicyclic) bond motifs is 3. The highest BCUT2D eigenvalue weighted by atomic mass is 16.5. The van der Waals surface area contributed by atoms with Gasteiger partial charge in [-0.1, -0.05) is 48.5 Å². The lowest BCUT2D eigenvalue weighted by molar-refractivity contribution is -0.146. The van der Waals surface area contributed by atoms with E-state index in [4.69, 9.17) is 9.84 Å². The van der Waals surface area contributed by atoms with E-state index < -0.39 is 17.5 Å². The maximum absolute atomic E-state index is 12.6. The Kier molecular flexibility index (Phi) is 5.12. The second kappa shape index (κ2) is 7.97. The number of nitrogens with one attached hydrogen (secondary N) is 2. The number of carbonyl (C=O) groups is 3. The number of carboxylic acids is 1. The predicted molar refractivity (Wildman–Crippen MR) is 117 cm³/mol. The van der Waals surface area contributed by atoms with Crippen molar-refractivity contribution in [3.8, 4) is 11.1 Å². The summed E-state index contributed by atoms with van der Waals surface area (Å²) >= 11 is 0. The molecule has 0 atom stereocenters. The van der Waals surface area contributed by atoms with Crippen molar-refractivity contribution in [2.45, 2.75) is 37.6 Å². The topological polar surface area (TPSA) is 105 Å². The summed E-state index contributed by atoms with van der Waals surface area (Å²) in [5.41, 5.74) is 4.05. The van der Waals surface area contributed by atoms with Gasteiger partial charge in [-0.15, -0.1) is 0 Å². The van der Waals surface area contributed by atoms with E-state index in [0.29, 0.717) is 25.7 Å². The van der Waals surface area contributed by atoms with Crippen LogP contribution in [0, 0.1) is 11.3 Å². The van der Waals surface area contributed by atoms with Crippen molar-refractivity contribution < 1.29 is 24.2 Å². The summed E-state index contributed by atoms with van der Waals surface area (Å²) in [5, 5.41) is 14.7. The Bertz CT molecular complexity index is 1030. The average molecular weight is 434 g/mol. The Morgan fingerprint density at radius 1 is 0.969 bits per heavy atom. The van der Waals surface area contributed by atoms with Crippen LogP contribution >= 0.6 is 0 Å². The molecule has 7 heteroatoms. The highest BCUT2D eigenvalue weighted by molar-refractivity contribution is 5.87. The molecule has 2 fully saturated rings. The van der Waals surface area contributed by atoms with Gasteiger partial charge in [-0.3, -0.25) is 9.59 Å². The van der Waals surface area contributed by atoms with Crippen LogP contribution in [0.15, 0.2) is 48.5 Å². The van der Waals surface area contributed by atoms with Gasteiger partial charge in [-0.05, 0) is 47.9 Å². The number of rotatable bonds is 7. The van der Waals surface area contributed by atoms with E-state index in [1.165, 1.54) is 11.1 Å². The molecule has 0 saturated heterocycles. The van der Waals surface area contributed by atoms with Crippen LogP contribution in [0.3, 0.4) is 0 Å². The molecule has 0 aliphatic heterocycles. The van der Waals surface area contributed by atoms with Gasteiger partial charge in [0.15, 0.2) is 0 Å². The molecule has 3 aliphatic rings. The van der Waals surface area contributed by atoms with E-state index in [0.717, 1.165) is 11.1 Å². The van der Waals surface area contributed by atoms with Crippen molar-refractivity contribution in [1.29, 1.82) is 0 Å². The van der Waals surface area contributed by atoms with Crippen molar-refractivity contribution >= 4 is 18.0 Å². The Hall–Kier alpha value is -3.35. The fraction of sp³-hybridized carbons (Fsp3) is 0.400. The zero-order valence-corrected chi connectivity index (χ0v) is 17.7. The molecule has 3 aliphatic carbocycles. The number of amides is 2. The van der Waals surface area contributed by atoms with E-state index in [1.807, 2.05) is 24.3 Å². The summed E-state index contributed by atoms with van der Waals surface area (Å²) in [5.74, 6) is -1.29. The van der Waals surface area contributed by atoms with Gasteiger partial charge in [0, 0.05) is 18.5 Å². The van der Waals surface area contributed by atoms with Gasteiger partial charge >= 0.3 is 12.1 Å². The first kappa shape index (κ1) is 20.5. The fourth-order valence-electron chi connectivity index (χ4n) is 4.80. The Morgan fingerprint density at radius 2 is 1.56 bits per heavy atom. The molecule has 0 bridgehead atoms. The maximum Gasteiger partial charge on any atom is 0.407 e. The first-order valence-electron chi connectivity index (χ1n) is 11.1. The molecule has 166 valence electrons. The van der Waals surface area contributed by atoms with Crippen LogP contribution in [0.5, 0.6) is 0 Å². The maximum atomic E-state index is 12.6. The summed E-state index contributed by atoms with van der Waals surface area (Å²) < 4.78 is 5.55. The Labute approximate surface area is 186 Å². The normalized spacial score (nSPS) is 22.1. The van der Waals surface area contributed by atoms with Crippen molar-refractivity contribution in [3.05, 3.63) is 59.7 Å². The van der Waals surface area contributed by atoms with E-state index >= 15 is 0 Å². The molecule has 2 aromatic carbocycles. The van der Waals surface area contributed by atoms with Gasteiger partial charge < -0.3 is 20.5 Å². The number of hydrogen-bond donors (Lipinski definition) is 3. The number of ether oxygens (including phenoxy) is 1. The highest BCUT2D eigenvalue weighted by Crippen LogP contribution is 2.46. The molecule has 0 spiro atoms. The molecule has 0 heterocycles. The summed E-state index contributed by atoms with van der Waals surface area (Å²) in [4.78, 5) is 35.9. The zero-order chi connectivity index (χ0) is 22.3. The predicted octanol–water partition coefficient (Wildman–Crippen LogP) is 3.28. The third kappa shape index (κ3) is 3.72. The lowest BCUT2D eigenvalue weighted by Gasteiger charge is -2.34. The first-order chi connectivity index (χ1) is 15.5. The van der Waals surface area contributed by atoms with Crippen molar-refractivity contribution in [2.24, 2.45) is 11.3 Å². The number of alkyl carbamates (subject to hydrolysis) is 1. The highest BCUT2D eigenvalue weighted by Gasteiger charge is 2.51. The molecular formula is C25H26N2O5. The van der Waals surface area contributed by atoms with Crippen LogP contribution in [0.25, 0.3) is 11.1 Å². The summed E-state index contributed by atoms with van der Waals surface area (Å²) in [6, 6.07) is 16.2. The van der Waals surface area contributed by atoms with Crippen molar-refractivity contribution in [3.63, 3.8) is 0 Å². The Morgan fingerprint density at radius 3 is 2.12 bits per heavy atom. The average Bonchev–Trinajstić information content (AvgIpc) is 3.50. The lowest BCUT2D eigenvalue weighted by Crippen LogP contribution is -2.50. The molecule has 2 amide bonds. The molecule has 7 nitrogen and oxygen atoms in total. The standard InChI is InChI=1S/C25H26N2O5/c28-22(29)15-11-16(12-15)27-23(30)25(9-10-25)14-26-24(31)32-13-21-19-7-3-1-5-17(19)18-6-2-4-8-20(18)21/h1-8,15-16,21H,9-14H2,(H,26,31)(H,27,30)(H,28,29). The molecule has 0 unspecified atom stereocenters. The van der Waals surface area contributed by atoms with Gasteiger partial charge in [0.25, 0.3) is 0 Å². The van der Waals surface area contributed by atoms with Crippen LogP contribution < -0.4 is 10.6 Å². The van der Waals surface area contributed by atoms with Crippen LogP contribution in [0.1, 0.15) is 42.7 Å². The van der Waals surface area contributed by atoms with E-state index in [9.17, 15) is 14.4 Å². The minimum absolute atomic E-state index is 0.00729. The molecule has 2 aromatic rings. The third-order valence-electron chi connectivity index (χ3n) is 7.07. The molecular weight excluding hydrogens is 408 g/mol. The molecule has 0 aromatic heterocycles. The number of aliphatic carboxylic acids is 1. The quantitative estimate of drug-likeness (QED) is 0.620. The molecule has 5 rings (SSSR count). The van der Waals surface area contributed by atoms with Crippen molar-refractivity contribution in [2.75, 3.05) is 13.2 Å². The van der Waals surface area contributed by atoms with Gasteiger partial charge in [0.05, 0.1) is 11.3 Å². The number of hydrogen-bond acceptors (Lipinski definition) is 4. The number of benzene rings is 2. The monoisotopic (exact) mass is 434 g/mol. The van der Waals surface area contributed by atoms with Gasteiger partial charge in [-0.2, -0.15) is 0 Å². The SMILES string of the molecule is O=C(NCC1(C(=O)NC2CC(C(=O)O)C2)CC1)OCC1c2ccccc2-c2ccccc21. The van der Waals surface area contributed by atoms with Crippen LogP contribution in [-0.2, 0) is 14.3 Å². The van der Waals surface area contributed by atoms with Crippen molar-refractivity contribution in [1.82, 2.24) is 10.6 Å². The minimum Gasteiger partial charge on any atom is -0.481 e. The lowest BCUT2D eigenvalue weighted by atomic mass is 9.80. The second-order valence-electron chi connectivity index (χ2n) is 9.14. The number of carboxylic acid groups (broad SMARTS) is 1. The Balaban J connectivity index is 1.13. The van der Waals surface area contributed by atoms with Gasteiger partial charge in [-0.25, -0.2) is 4.79 Å². The molecule has 3 N–H and O–H groups in total. The first-order valence-corrected chi connectivity index (χ1v) is 11.1. The largest absolute Gasteiger partial charge is 0.481 e. The minimum atomic E-state index is -0.812. The van der Waals surface area contributed by atoms with Crippen LogP contribution in [-0.4, -0.2) is 42.3 Å². The smallest absolute Gasteiger partial charge is 0.407 e. The summed E-state index contributed by atoms with van der Waals surface area (Å²) in [7, 11) is 0. The number of carbonyl (C=O) groups excluding carboxylic acids is 2. The van der Waals surface area contributed by atoms with Crippen LogP contribution in [0.4, 0.5) is 4.79 Å². The summed E-state index contributed by atoms with van der Waals surface area (Å²) in [6.07, 6.45) is 1.82. The van der Waals surface area contributed by atoms with Crippen LogP contribution in [0.2, 0.25) is 0 Å². The second-order valence-corrected chi connectivity index (χ2v) is 9.14. The zero-order valence-electron chi connectivity index (χ0n) is 17.7. The molecule has 2 saturated carbocycles. The van der Waals surface area contributed by atoms with E-state index in [1.54, 1.807) is 0 Å². The summed E-state index contributed by atoms with van der Waals surface area (Å²) in [6.45, 7) is 0.461. The molecule has 32 heavy (non-hydrogen) atoms. The van der Waals surface area contributed by atoms with E-state index in [-0.39, 0.29) is 36.9 Å². The molecule has 0 radical (unpaired) electrons. The third-order valence-corrected chi connectivity index (χ3v) is 7.07. The van der Waals surface area contributed by atoms with E-state index in [2.05, 4.69) is 34.9 Å².